The van der Waals surface area contributed by atoms with Crippen molar-refractivity contribution in [2.24, 2.45) is 7.05 Å². The molecule has 162 valence electrons. The lowest BCUT2D eigenvalue weighted by molar-refractivity contribution is 0.0947. The first-order valence-electron chi connectivity index (χ1n) is 9.56. The van der Waals surface area contributed by atoms with Crippen molar-refractivity contribution in [3.8, 4) is 28.5 Å². The van der Waals surface area contributed by atoms with E-state index in [1.165, 1.54) is 18.2 Å². The molecular formula is C23H18F2N4O3. The van der Waals surface area contributed by atoms with Crippen LogP contribution < -0.4 is 10.1 Å². The summed E-state index contributed by atoms with van der Waals surface area (Å²) < 4.78 is 34.1. The lowest BCUT2D eigenvalue weighted by atomic mass is 10.1. The molecule has 0 spiro atoms. The summed E-state index contributed by atoms with van der Waals surface area (Å²) in [6.07, 6.45) is 5.09. The Morgan fingerprint density at radius 3 is 2.56 bits per heavy atom. The van der Waals surface area contributed by atoms with Crippen molar-refractivity contribution in [3.05, 3.63) is 89.9 Å². The van der Waals surface area contributed by atoms with Crippen LogP contribution in [0.4, 0.5) is 8.78 Å². The Hall–Kier alpha value is -4.27. The number of rotatable bonds is 6. The van der Waals surface area contributed by atoms with E-state index in [1.807, 2.05) is 6.20 Å². The van der Waals surface area contributed by atoms with E-state index in [2.05, 4.69) is 15.4 Å². The van der Waals surface area contributed by atoms with Gasteiger partial charge in [-0.1, -0.05) is 0 Å². The average Bonchev–Trinajstić information content (AvgIpc) is 3.19. The second kappa shape index (κ2) is 8.84. The minimum Gasteiger partial charge on any atom is -0.507 e. The van der Waals surface area contributed by atoms with Crippen LogP contribution in [-0.4, -0.2) is 25.8 Å². The number of halogens is 2. The number of ether oxygens (including phenoxy) is 1. The molecule has 0 saturated heterocycles. The number of aromatic hydroxyl groups is 1. The van der Waals surface area contributed by atoms with Crippen molar-refractivity contribution in [3.63, 3.8) is 0 Å². The number of pyridine rings is 1. The first kappa shape index (κ1) is 21.0. The molecular weight excluding hydrogens is 418 g/mol. The molecule has 0 radical (unpaired) electrons. The molecule has 4 aromatic rings. The Morgan fingerprint density at radius 1 is 1.09 bits per heavy atom. The molecule has 0 aliphatic rings. The van der Waals surface area contributed by atoms with Crippen LogP contribution >= 0.6 is 0 Å². The third-order valence-corrected chi connectivity index (χ3v) is 4.56. The summed E-state index contributed by atoms with van der Waals surface area (Å²) >= 11 is 0. The second-order valence-electron chi connectivity index (χ2n) is 7.02. The lowest BCUT2D eigenvalue weighted by Crippen LogP contribution is -2.23. The summed E-state index contributed by atoms with van der Waals surface area (Å²) in [6, 6.07) is 10.6. The Bertz CT molecular complexity index is 1270. The van der Waals surface area contributed by atoms with Crippen molar-refractivity contribution in [2.75, 3.05) is 0 Å². The number of nitrogens with one attached hydrogen (secondary N) is 1. The minimum absolute atomic E-state index is 0.0408. The number of carbonyl (C=O) groups excluding carboxylic acids is 1. The number of hydrogen-bond donors (Lipinski definition) is 2. The Labute approximate surface area is 181 Å². The molecule has 0 aliphatic carbocycles. The number of phenolic OH excluding ortho intramolecular Hbond substituents is 1. The quantitative estimate of drug-likeness (QED) is 0.473. The number of aryl methyl sites for hydroxylation is 1. The molecule has 1 amide bonds. The van der Waals surface area contributed by atoms with E-state index in [-0.39, 0.29) is 23.4 Å². The Morgan fingerprint density at radius 2 is 1.84 bits per heavy atom. The van der Waals surface area contributed by atoms with Gasteiger partial charge in [0.15, 0.2) is 0 Å². The number of hydrogen-bond acceptors (Lipinski definition) is 5. The Balaban J connectivity index is 1.49. The minimum atomic E-state index is -0.740. The molecule has 0 bridgehead atoms. The largest absolute Gasteiger partial charge is 0.507 e. The predicted molar refractivity (Wildman–Crippen MR) is 112 cm³/mol. The SMILES string of the molecule is Cn1cc(-c2cc(Oc3ccc(O)c(C(=O)NCc4cc(F)cc(F)c4)c3)ccn2)cn1. The summed E-state index contributed by atoms with van der Waals surface area (Å²) in [7, 11) is 1.80. The summed E-state index contributed by atoms with van der Waals surface area (Å²) in [5, 5.41) is 16.7. The van der Waals surface area contributed by atoms with E-state index in [4.69, 9.17) is 4.74 Å². The molecule has 4 rings (SSSR count). The van der Waals surface area contributed by atoms with E-state index in [1.54, 1.807) is 36.3 Å². The molecule has 32 heavy (non-hydrogen) atoms. The van der Waals surface area contributed by atoms with Gasteiger partial charge in [0.05, 0.1) is 17.5 Å². The molecule has 0 aliphatic heterocycles. The smallest absolute Gasteiger partial charge is 0.255 e. The van der Waals surface area contributed by atoms with E-state index in [0.29, 0.717) is 17.2 Å². The molecule has 0 atom stereocenters. The van der Waals surface area contributed by atoms with Gasteiger partial charge in [-0.2, -0.15) is 5.10 Å². The monoisotopic (exact) mass is 436 g/mol. The predicted octanol–water partition coefficient (Wildman–Crippen LogP) is 4.19. The molecule has 0 unspecified atom stereocenters. The third-order valence-electron chi connectivity index (χ3n) is 4.56. The summed E-state index contributed by atoms with van der Waals surface area (Å²) in [6.45, 7) is -0.114. The molecule has 2 heterocycles. The van der Waals surface area contributed by atoms with Gasteiger partial charge in [0.2, 0.25) is 0 Å². The number of nitrogens with zero attached hydrogens (tertiary/aromatic N) is 3. The van der Waals surface area contributed by atoms with Crippen molar-refractivity contribution < 1.29 is 23.4 Å². The normalized spacial score (nSPS) is 10.7. The topological polar surface area (TPSA) is 89.3 Å². The van der Waals surface area contributed by atoms with E-state index in [9.17, 15) is 18.7 Å². The fourth-order valence-corrected chi connectivity index (χ4v) is 3.07. The molecule has 7 nitrogen and oxygen atoms in total. The maximum atomic E-state index is 13.3. The maximum absolute atomic E-state index is 13.3. The highest BCUT2D eigenvalue weighted by Gasteiger charge is 2.14. The standard InChI is InChI=1S/C23H18F2N4O3/c1-29-13-15(12-28-29)21-10-19(4-5-26-21)32-18-2-3-22(30)20(9-18)23(31)27-11-14-6-16(24)8-17(25)7-14/h2-10,12-13,30H,11H2,1H3,(H,27,31). The molecule has 2 aromatic heterocycles. The van der Waals surface area contributed by atoms with Crippen LogP contribution in [0.5, 0.6) is 17.2 Å². The highest BCUT2D eigenvalue weighted by atomic mass is 19.1. The first-order valence-corrected chi connectivity index (χ1v) is 9.56. The van der Waals surface area contributed by atoms with Crippen LogP contribution in [0.25, 0.3) is 11.3 Å². The Kier molecular flexibility index (Phi) is 5.80. The first-order chi connectivity index (χ1) is 15.4. The van der Waals surface area contributed by atoms with Crippen LogP contribution in [0.1, 0.15) is 15.9 Å². The second-order valence-corrected chi connectivity index (χ2v) is 7.02. The zero-order valence-electron chi connectivity index (χ0n) is 16.9. The third kappa shape index (κ3) is 4.89. The van der Waals surface area contributed by atoms with Crippen molar-refractivity contribution in [1.82, 2.24) is 20.1 Å². The van der Waals surface area contributed by atoms with Gasteiger partial charge in [-0.05, 0) is 42.0 Å². The highest BCUT2D eigenvalue weighted by molar-refractivity contribution is 5.97. The molecule has 0 fully saturated rings. The summed E-state index contributed by atoms with van der Waals surface area (Å²) in [4.78, 5) is 16.8. The van der Waals surface area contributed by atoms with E-state index >= 15 is 0 Å². The number of benzene rings is 2. The van der Waals surface area contributed by atoms with Crippen LogP contribution in [-0.2, 0) is 13.6 Å². The summed E-state index contributed by atoms with van der Waals surface area (Å²) in [5.41, 5.74) is 1.69. The van der Waals surface area contributed by atoms with Gasteiger partial charge in [0.25, 0.3) is 5.91 Å². The molecule has 2 N–H and O–H groups in total. The number of carbonyl (C=O) groups is 1. The molecule has 0 saturated carbocycles. The van der Waals surface area contributed by atoms with Crippen LogP contribution in [0, 0.1) is 11.6 Å². The van der Waals surface area contributed by atoms with Gasteiger partial charge in [-0.25, -0.2) is 8.78 Å². The van der Waals surface area contributed by atoms with Gasteiger partial charge in [-0.3, -0.25) is 14.5 Å². The van der Waals surface area contributed by atoms with E-state index < -0.39 is 17.5 Å². The van der Waals surface area contributed by atoms with Gasteiger partial charge < -0.3 is 15.2 Å². The van der Waals surface area contributed by atoms with Gasteiger partial charge in [0.1, 0.15) is 28.9 Å². The zero-order chi connectivity index (χ0) is 22.7. The van der Waals surface area contributed by atoms with Gasteiger partial charge in [-0.15, -0.1) is 0 Å². The average molecular weight is 436 g/mol. The zero-order valence-corrected chi connectivity index (χ0v) is 16.9. The van der Waals surface area contributed by atoms with Crippen LogP contribution in [0.15, 0.2) is 67.1 Å². The summed E-state index contributed by atoms with van der Waals surface area (Å²) in [5.74, 6) is -1.57. The lowest BCUT2D eigenvalue weighted by Gasteiger charge is -2.11. The van der Waals surface area contributed by atoms with Gasteiger partial charge >= 0.3 is 0 Å². The van der Waals surface area contributed by atoms with Crippen LogP contribution in [0.3, 0.4) is 0 Å². The maximum Gasteiger partial charge on any atom is 0.255 e. The van der Waals surface area contributed by atoms with Crippen LogP contribution in [0.2, 0.25) is 0 Å². The fourth-order valence-electron chi connectivity index (χ4n) is 3.07. The molecule has 9 heteroatoms. The van der Waals surface area contributed by atoms with Crippen molar-refractivity contribution in [1.29, 1.82) is 0 Å². The number of amides is 1. The van der Waals surface area contributed by atoms with Crippen molar-refractivity contribution >= 4 is 5.91 Å². The molecule has 2 aromatic carbocycles. The highest BCUT2D eigenvalue weighted by Crippen LogP contribution is 2.29. The number of aromatic nitrogens is 3. The van der Waals surface area contributed by atoms with E-state index in [0.717, 1.165) is 23.8 Å². The van der Waals surface area contributed by atoms with Gasteiger partial charge in [0, 0.05) is 43.7 Å². The van der Waals surface area contributed by atoms with Crippen molar-refractivity contribution in [2.45, 2.75) is 6.54 Å². The fraction of sp³-hybridized carbons (Fsp3) is 0.0870. The number of phenols is 1.